The minimum Gasteiger partial charge on any atom is -0.488 e. The molecule has 2 N–H and O–H groups in total. The third-order valence-electron chi connectivity index (χ3n) is 5.96. The summed E-state index contributed by atoms with van der Waals surface area (Å²) in [6.07, 6.45) is 7.93. The lowest BCUT2D eigenvalue weighted by Crippen LogP contribution is -2.45. The summed E-state index contributed by atoms with van der Waals surface area (Å²) in [6.45, 7) is 1.94. The van der Waals surface area contributed by atoms with E-state index in [0.29, 0.717) is 22.8 Å². The molecule has 1 amide bonds. The summed E-state index contributed by atoms with van der Waals surface area (Å²) < 4.78 is 22.1. The highest BCUT2D eigenvalue weighted by Crippen LogP contribution is 2.32. The predicted octanol–water partition coefficient (Wildman–Crippen LogP) is 3.87. The number of aromatic nitrogens is 3. The Labute approximate surface area is 173 Å². The summed E-state index contributed by atoms with van der Waals surface area (Å²) in [6, 6.07) is 5.99. The van der Waals surface area contributed by atoms with Crippen LogP contribution in [0.1, 0.15) is 61.0 Å². The van der Waals surface area contributed by atoms with Gasteiger partial charge < -0.3 is 15.4 Å². The molecule has 0 spiro atoms. The SMILES string of the molecule is C[C@H]1Nc2ccn3ncc(c3n2)C(=O)N[C@H]2CCCCC[C@@H]2Oc2ccc(F)cc21. The Kier molecular flexibility index (Phi) is 4.77. The van der Waals surface area contributed by atoms with Gasteiger partial charge in [-0.25, -0.2) is 13.9 Å². The van der Waals surface area contributed by atoms with Crippen LogP contribution in [0.3, 0.4) is 0 Å². The molecule has 1 aromatic carbocycles. The largest absolute Gasteiger partial charge is 0.488 e. The fourth-order valence-electron chi connectivity index (χ4n) is 4.36. The van der Waals surface area contributed by atoms with Crippen LogP contribution in [-0.4, -0.2) is 32.7 Å². The Morgan fingerprint density at radius 3 is 2.93 bits per heavy atom. The topological polar surface area (TPSA) is 80.5 Å². The molecule has 0 unspecified atom stereocenters. The molecular weight excluding hydrogens is 385 g/mol. The van der Waals surface area contributed by atoms with Crippen molar-refractivity contribution in [3.8, 4) is 5.75 Å². The van der Waals surface area contributed by atoms with Crippen LogP contribution in [0.5, 0.6) is 5.75 Å². The molecule has 2 aliphatic rings. The van der Waals surface area contributed by atoms with E-state index in [-0.39, 0.29) is 29.9 Å². The van der Waals surface area contributed by atoms with E-state index in [9.17, 15) is 9.18 Å². The van der Waals surface area contributed by atoms with Crippen molar-refractivity contribution in [3.63, 3.8) is 0 Å². The minimum absolute atomic E-state index is 0.139. The minimum atomic E-state index is -0.317. The number of ether oxygens (including phenoxy) is 1. The first-order valence-corrected chi connectivity index (χ1v) is 10.5. The summed E-state index contributed by atoms with van der Waals surface area (Å²) in [5.41, 5.74) is 1.63. The first-order valence-electron chi connectivity index (χ1n) is 10.5. The van der Waals surface area contributed by atoms with E-state index < -0.39 is 0 Å². The van der Waals surface area contributed by atoms with Gasteiger partial charge in [-0.15, -0.1) is 0 Å². The zero-order valence-electron chi connectivity index (χ0n) is 16.8. The second-order valence-electron chi connectivity index (χ2n) is 8.06. The molecule has 3 atom stereocenters. The third-order valence-corrected chi connectivity index (χ3v) is 5.96. The number of nitrogens with one attached hydrogen (secondary N) is 2. The van der Waals surface area contributed by atoms with Crippen molar-refractivity contribution in [2.24, 2.45) is 0 Å². The number of hydrogen-bond acceptors (Lipinski definition) is 5. The zero-order valence-corrected chi connectivity index (χ0v) is 16.8. The van der Waals surface area contributed by atoms with Gasteiger partial charge in [-0.1, -0.05) is 12.8 Å². The van der Waals surface area contributed by atoms with E-state index in [1.807, 2.05) is 6.92 Å². The van der Waals surface area contributed by atoms with Crippen LogP contribution in [0.25, 0.3) is 5.65 Å². The van der Waals surface area contributed by atoms with Crippen molar-refractivity contribution in [1.29, 1.82) is 0 Å². The van der Waals surface area contributed by atoms with Gasteiger partial charge in [-0.05, 0) is 50.5 Å². The zero-order chi connectivity index (χ0) is 20.7. The number of anilines is 1. The van der Waals surface area contributed by atoms with E-state index in [4.69, 9.17) is 4.74 Å². The molecule has 2 bridgehead atoms. The van der Waals surface area contributed by atoms with Gasteiger partial charge in [0.1, 0.15) is 29.1 Å². The molecule has 156 valence electrons. The second-order valence-corrected chi connectivity index (χ2v) is 8.06. The first-order chi connectivity index (χ1) is 14.6. The van der Waals surface area contributed by atoms with Gasteiger partial charge >= 0.3 is 0 Å². The smallest absolute Gasteiger partial charge is 0.257 e. The molecule has 3 heterocycles. The molecule has 2 aromatic heterocycles. The van der Waals surface area contributed by atoms with Gasteiger partial charge in [-0.3, -0.25) is 4.79 Å². The van der Waals surface area contributed by atoms with Crippen molar-refractivity contribution in [1.82, 2.24) is 19.9 Å². The van der Waals surface area contributed by atoms with Crippen LogP contribution in [0, 0.1) is 5.82 Å². The number of fused-ring (bicyclic) bond motifs is 3. The Morgan fingerprint density at radius 1 is 1.17 bits per heavy atom. The van der Waals surface area contributed by atoms with E-state index >= 15 is 0 Å². The summed E-state index contributed by atoms with van der Waals surface area (Å²) in [5.74, 6) is 0.684. The quantitative estimate of drug-likeness (QED) is 0.589. The van der Waals surface area contributed by atoms with Crippen molar-refractivity contribution in [3.05, 3.63) is 53.6 Å². The highest BCUT2D eigenvalue weighted by molar-refractivity contribution is 6.00. The number of carbonyl (C=O) groups is 1. The first kappa shape index (κ1) is 18.8. The molecule has 0 radical (unpaired) electrons. The van der Waals surface area contributed by atoms with Gasteiger partial charge in [0.05, 0.1) is 18.3 Å². The Hall–Kier alpha value is -3.16. The monoisotopic (exact) mass is 409 g/mol. The van der Waals surface area contributed by atoms with Gasteiger partial charge in [0.15, 0.2) is 5.65 Å². The number of hydrogen-bond donors (Lipinski definition) is 2. The van der Waals surface area contributed by atoms with Crippen molar-refractivity contribution >= 4 is 17.4 Å². The Balaban J connectivity index is 1.64. The van der Waals surface area contributed by atoms with Crippen LogP contribution >= 0.6 is 0 Å². The number of rotatable bonds is 0. The van der Waals surface area contributed by atoms with Crippen molar-refractivity contribution in [2.45, 2.75) is 57.2 Å². The summed E-state index contributed by atoms with van der Waals surface area (Å²) in [7, 11) is 0. The fourth-order valence-corrected chi connectivity index (χ4v) is 4.36. The molecular formula is C22H24FN5O2. The number of amides is 1. The van der Waals surface area contributed by atoms with E-state index in [2.05, 4.69) is 20.7 Å². The summed E-state index contributed by atoms with van der Waals surface area (Å²) in [4.78, 5) is 17.7. The van der Waals surface area contributed by atoms with E-state index in [1.165, 1.54) is 12.1 Å². The maximum atomic E-state index is 14.1. The third kappa shape index (κ3) is 3.46. The predicted molar refractivity (Wildman–Crippen MR) is 110 cm³/mol. The summed E-state index contributed by atoms with van der Waals surface area (Å²) >= 11 is 0. The molecule has 1 aliphatic carbocycles. The standard InChI is InChI=1S/C22H24FN5O2/c1-13-15-11-14(23)7-8-18(15)30-19-6-4-2-3-5-17(19)26-22(29)16-12-24-28-10-9-20(25-13)27-21(16)28/h7-13,17,19H,2-6H2,1H3,(H,25,27)(H,26,29)/t13-,17+,19+/m1/s1. The second kappa shape index (κ2) is 7.59. The number of carbonyl (C=O) groups excluding carboxylic acids is 1. The van der Waals surface area contributed by atoms with Gasteiger partial charge in [0.25, 0.3) is 5.91 Å². The molecule has 5 rings (SSSR count). The van der Waals surface area contributed by atoms with E-state index in [1.54, 1.807) is 29.0 Å². The van der Waals surface area contributed by atoms with Gasteiger partial charge in [0, 0.05) is 11.8 Å². The molecule has 8 heteroatoms. The Morgan fingerprint density at radius 2 is 2.03 bits per heavy atom. The Bertz CT molecular complexity index is 1100. The van der Waals surface area contributed by atoms with Crippen molar-refractivity contribution < 1.29 is 13.9 Å². The van der Waals surface area contributed by atoms with Crippen LogP contribution in [-0.2, 0) is 0 Å². The average molecular weight is 409 g/mol. The lowest BCUT2D eigenvalue weighted by Gasteiger charge is -2.28. The lowest BCUT2D eigenvalue weighted by molar-refractivity contribution is 0.0860. The highest BCUT2D eigenvalue weighted by atomic mass is 19.1. The maximum Gasteiger partial charge on any atom is 0.257 e. The van der Waals surface area contributed by atoms with Crippen LogP contribution in [0.15, 0.2) is 36.7 Å². The molecule has 3 aromatic rings. The average Bonchev–Trinajstić information content (AvgIpc) is 3.03. The fraction of sp³-hybridized carbons (Fsp3) is 0.409. The van der Waals surface area contributed by atoms with Crippen LogP contribution < -0.4 is 15.4 Å². The molecule has 1 saturated carbocycles. The maximum absolute atomic E-state index is 14.1. The summed E-state index contributed by atoms with van der Waals surface area (Å²) in [5, 5.41) is 10.7. The normalized spacial score (nSPS) is 24.2. The molecule has 1 fully saturated rings. The molecule has 0 saturated heterocycles. The van der Waals surface area contributed by atoms with Crippen LogP contribution in [0.4, 0.5) is 10.2 Å². The molecule has 1 aliphatic heterocycles. The lowest BCUT2D eigenvalue weighted by atomic mass is 10.0. The highest BCUT2D eigenvalue weighted by Gasteiger charge is 2.30. The van der Waals surface area contributed by atoms with E-state index in [0.717, 1.165) is 37.7 Å². The number of halogens is 1. The molecule has 7 nitrogen and oxygen atoms in total. The molecule has 30 heavy (non-hydrogen) atoms. The van der Waals surface area contributed by atoms with Gasteiger partial charge in [-0.2, -0.15) is 5.10 Å². The number of nitrogens with zero attached hydrogens (tertiary/aromatic N) is 3. The van der Waals surface area contributed by atoms with Crippen molar-refractivity contribution in [2.75, 3.05) is 5.32 Å². The van der Waals surface area contributed by atoms with Gasteiger partial charge in [0.2, 0.25) is 0 Å². The van der Waals surface area contributed by atoms with Crippen LogP contribution in [0.2, 0.25) is 0 Å². The number of benzene rings is 1.